The fourth-order valence-corrected chi connectivity index (χ4v) is 6.62. The van der Waals surface area contributed by atoms with Crippen molar-refractivity contribution in [3.8, 4) is 0 Å². The lowest BCUT2D eigenvalue weighted by Gasteiger charge is -2.54. The standard InChI is InChI=1S/C40H58O5/c1-29(17-13-19-31(3)21-22-35(43)38(9)27-33(41)25-36(38,5)6)15-11-12-16-30(2)18-14-20-32(4)23-24-40(45)37(7,8)26-34(42)28-39(40,10)44/h11-24,33-34,41-42,44-45H,25-28H2,1-10H3/b12-11+,17-13+,18-14+,22-21+,24-23+,29-15+,30-16+,31-19+,32-20+/t33-,34-,38-,39-,40+/m0/s1. The molecule has 0 bridgehead atoms. The van der Waals surface area contributed by atoms with Crippen molar-refractivity contribution >= 4 is 5.78 Å². The van der Waals surface area contributed by atoms with E-state index < -0.39 is 34.2 Å². The van der Waals surface area contributed by atoms with E-state index in [0.717, 1.165) is 22.3 Å². The molecule has 5 nitrogen and oxygen atoms in total. The average Bonchev–Trinajstić information content (AvgIpc) is 3.12. The summed E-state index contributed by atoms with van der Waals surface area (Å²) in [4.78, 5) is 12.9. The molecule has 0 aromatic rings. The molecule has 0 saturated heterocycles. The first-order valence-electron chi connectivity index (χ1n) is 16.1. The second kappa shape index (κ2) is 15.2. The SMILES string of the molecule is CC(/C=C/C=C(C)/C=C/C(=O)[C@]1(C)C[C@@H](O)CC1(C)C)=C\C=C\C=C(C)\C=C\C=C(C)\C=C\[C@@]1(O)C(C)(C)C[C@H](O)C[C@]1(C)O. The molecular formula is C40H58O5. The predicted octanol–water partition coefficient (Wildman–Crippen LogP) is 7.97. The van der Waals surface area contributed by atoms with Crippen molar-refractivity contribution in [3.05, 3.63) is 107 Å². The molecule has 0 radical (unpaired) electrons. The molecule has 0 amide bonds. The first-order chi connectivity index (χ1) is 20.7. The van der Waals surface area contributed by atoms with Crippen molar-refractivity contribution in [2.45, 2.75) is 118 Å². The first-order valence-corrected chi connectivity index (χ1v) is 16.1. The summed E-state index contributed by atoms with van der Waals surface area (Å²) in [5.74, 6) is 0.0685. The largest absolute Gasteiger partial charge is 0.393 e. The smallest absolute Gasteiger partial charge is 0.162 e. The number of aliphatic hydroxyl groups excluding tert-OH is 2. The van der Waals surface area contributed by atoms with Crippen LogP contribution in [0, 0.1) is 16.2 Å². The number of hydrogen-bond acceptors (Lipinski definition) is 5. The fraction of sp³-hybridized carbons (Fsp3) is 0.525. The Balaban J connectivity index is 1.92. The number of rotatable bonds is 11. The van der Waals surface area contributed by atoms with Crippen LogP contribution in [0.5, 0.6) is 0 Å². The minimum Gasteiger partial charge on any atom is -0.393 e. The lowest BCUT2D eigenvalue weighted by atomic mass is 9.57. The van der Waals surface area contributed by atoms with Gasteiger partial charge in [-0.1, -0.05) is 130 Å². The van der Waals surface area contributed by atoms with E-state index in [0.29, 0.717) is 19.3 Å². The summed E-state index contributed by atoms with van der Waals surface area (Å²) in [6.45, 7) is 19.4. The van der Waals surface area contributed by atoms with Crippen LogP contribution in [0.25, 0.3) is 0 Å². The summed E-state index contributed by atoms with van der Waals surface area (Å²) >= 11 is 0. The number of carbonyl (C=O) groups is 1. The van der Waals surface area contributed by atoms with Crippen LogP contribution in [0.1, 0.15) is 94.9 Å². The number of aliphatic hydroxyl groups is 4. The van der Waals surface area contributed by atoms with Crippen LogP contribution in [-0.2, 0) is 4.79 Å². The lowest BCUT2D eigenvalue weighted by Crippen LogP contribution is -2.65. The molecule has 2 rings (SSSR count). The van der Waals surface area contributed by atoms with Crippen LogP contribution in [0.2, 0.25) is 0 Å². The minimum atomic E-state index is -1.46. The second-order valence-electron chi connectivity index (χ2n) is 15.0. The van der Waals surface area contributed by atoms with Crippen LogP contribution < -0.4 is 0 Å². The van der Waals surface area contributed by atoms with E-state index in [1.807, 2.05) is 121 Å². The molecule has 2 fully saturated rings. The van der Waals surface area contributed by atoms with E-state index in [1.165, 1.54) is 0 Å². The third kappa shape index (κ3) is 9.83. The summed E-state index contributed by atoms with van der Waals surface area (Å²) in [5, 5.41) is 42.6. The number of carbonyl (C=O) groups excluding carboxylic acids is 1. The van der Waals surface area contributed by atoms with Gasteiger partial charge >= 0.3 is 0 Å². The molecule has 0 unspecified atom stereocenters. The number of allylic oxidation sites excluding steroid dienone is 17. The summed E-state index contributed by atoms with van der Waals surface area (Å²) < 4.78 is 0. The molecular weight excluding hydrogens is 560 g/mol. The minimum absolute atomic E-state index is 0.0685. The van der Waals surface area contributed by atoms with Gasteiger partial charge in [0.2, 0.25) is 0 Å². The highest BCUT2D eigenvalue weighted by atomic mass is 16.4. The third-order valence-electron chi connectivity index (χ3n) is 10.0. The Bertz CT molecular complexity index is 1320. The Morgan fingerprint density at radius 1 is 0.556 bits per heavy atom. The van der Waals surface area contributed by atoms with Gasteiger partial charge in [0.15, 0.2) is 5.78 Å². The summed E-state index contributed by atoms with van der Waals surface area (Å²) in [7, 11) is 0. The van der Waals surface area contributed by atoms with Gasteiger partial charge in [-0.2, -0.15) is 0 Å². The zero-order valence-corrected chi connectivity index (χ0v) is 29.3. The zero-order chi connectivity index (χ0) is 34.3. The maximum atomic E-state index is 12.9. The molecule has 4 N–H and O–H groups in total. The van der Waals surface area contributed by atoms with Crippen LogP contribution in [0.15, 0.2) is 107 Å². The molecule has 0 aliphatic heterocycles. The van der Waals surface area contributed by atoms with E-state index in [1.54, 1.807) is 19.1 Å². The third-order valence-corrected chi connectivity index (χ3v) is 10.0. The maximum absolute atomic E-state index is 12.9. The first kappa shape index (κ1) is 38.4. The van der Waals surface area contributed by atoms with E-state index in [9.17, 15) is 25.2 Å². The Labute approximate surface area is 272 Å². The van der Waals surface area contributed by atoms with Crippen LogP contribution in [-0.4, -0.2) is 49.6 Å². The van der Waals surface area contributed by atoms with Gasteiger partial charge in [-0.25, -0.2) is 0 Å². The molecule has 0 heterocycles. The fourth-order valence-electron chi connectivity index (χ4n) is 6.62. The highest BCUT2D eigenvalue weighted by molar-refractivity contribution is 5.95. The number of ketones is 1. The molecule has 0 aromatic heterocycles. The summed E-state index contributed by atoms with van der Waals surface area (Å²) in [6, 6.07) is 0. The van der Waals surface area contributed by atoms with Crippen molar-refractivity contribution < 1.29 is 25.2 Å². The van der Waals surface area contributed by atoms with Crippen molar-refractivity contribution in [1.29, 1.82) is 0 Å². The quantitative estimate of drug-likeness (QED) is 0.139. The van der Waals surface area contributed by atoms with Crippen molar-refractivity contribution in [3.63, 3.8) is 0 Å². The van der Waals surface area contributed by atoms with Crippen molar-refractivity contribution in [2.75, 3.05) is 0 Å². The Morgan fingerprint density at radius 2 is 0.978 bits per heavy atom. The highest BCUT2D eigenvalue weighted by Crippen LogP contribution is 2.53. The molecule has 2 aliphatic carbocycles. The van der Waals surface area contributed by atoms with E-state index >= 15 is 0 Å². The monoisotopic (exact) mass is 618 g/mol. The average molecular weight is 619 g/mol. The van der Waals surface area contributed by atoms with Gasteiger partial charge in [-0.15, -0.1) is 0 Å². The van der Waals surface area contributed by atoms with Crippen molar-refractivity contribution in [2.24, 2.45) is 16.2 Å². The normalized spacial score (nSPS) is 33.6. The Hall–Kier alpha value is -2.83. The summed E-state index contributed by atoms with van der Waals surface area (Å²) in [5.41, 5.74) is -0.259. The van der Waals surface area contributed by atoms with Crippen molar-refractivity contribution in [1.82, 2.24) is 0 Å². The van der Waals surface area contributed by atoms with Gasteiger partial charge < -0.3 is 20.4 Å². The molecule has 2 saturated carbocycles. The topological polar surface area (TPSA) is 98.0 Å². The van der Waals surface area contributed by atoms with Gasteiger partial charge in [0.25, 0.3) is 0 Å². The Kier molecular flexibility index (Phi) is 12.9. The van der Waals surface area contributed by atoms with Gasteiger partial charge in [-0.3, -0.25) is 4.79 Å². The van der Waals surface area contributed by atoms with Gasteiger partial charge in [-0.05, 0) is 71.4 Å². The lowest BCUT2D eigenvalue weighted by molar-refractivity contribution is -0.216. The molecule has 5 heteroatoms. The molecule has 2 aliphatic rings. The highest BCUT2D eigenvalue weighted by Gasteiger charge is 2.58. The van der Waals surface area contributed by atoms with Crippen LogP contribution in [0.4, 0.5) is 0 Å². The van der Waals surface area contributed by atoms with Gasteiger partial charge in [0, 0.05) is 17.3 Å². The van der Waals surface area contributed by atoms with Gasteiger partial charge in [0.05, 0.1) is 17.8 Å². The molecule has 0 aromatic carbocycles. The molecule has 5 atom stereocenters. The summed E-state index contributed by atoms with van der Waals surface area (Å²) in [6.07, 6.45) is 27.6. The maximum Gasteiger partial charge on any atom is 0.162 e. The van der Waals surface area contributed by atoms with Gasteiger partial charge in [0.1, 0.15) is 5.60 Å². The Morgan fingerprint density at radius 3 is 1.44 bits per heavy atom. The molecule has 248 valence electrons. The molecule has 45 heavy (non-hydrogen) atoms. The van der Waals surface area contributed by atoms with E-state index in [-0.39, 0.29) is 17.6 Å². The number of hydrogen-bond donors (Lipinski definition) is 4. The predicted molar refractivity (Wildman–Crippen MR) is 187 cm³/mol. The molecule has 0 spiro atoms. The van der Waals surface area contributed by atoms with E-state index in [4.69, 9.17) is 0 Å². The second-order valence-corrected chi connectivity index (χ2v) is 15.0. The van der Waals surface area contributed by atoms with Crippen LogP contribution >= 0.6 is 0 Å². The zero-order valence-electron chi connectivity index (χ0n) is 29.3. The van der Waals surface area contributed by atoms with E-state index in [2.05, 4.69) is 13.8 Å². The van der Waals surface area contributed by atoms with Crippen LogP contribution in [0.3, 0.4) is 0 Å².